The van der Waals surface area contributed by atoms with Crippen molar-refractivity contribution in [2.75, 3.05) is 0 Å². The number of aryl methyl sites for hydroxylation is 1. The molecule has 0 unspecified atom stereocenters. The van der Waals surface area contributed by atoms with Crippen molar-refractivity contribution in [3.8, 4) is 11.1 Å². The molecule has 0 fully saturated rings. The maximum atomic E-state index is 10.9. The third kappa shape index (κ3) is 2.08. The van der Waals surface area contributed by atoms with Crippen molar-refractivity contribution >= 4 is 5.91 Å². The molecule has 3 heteroatoms. The van der Waals surface area contributed by atoms with E-state index in [-0.39, 0.29) is 5.69 Å². The fourth-order valence-corrected chi connectivity index (χ4v) is 1.54. The Morgan fingerprint density at radius 3 is 2.56 bits per heavy atom. The topological polar surface area (TPSA) is 56.0 Å². The van der Waals surface area contributed by atoms with E-state index >= 15 is 0 Å². The van der Waals surface area contributed by atoms with Crippen molar-refractivity contribution in [2.24, 2.45) is 5.73 Å². The van der Waals surface area contributed by atoms with Crippen LogP contribution in [0.5, 0.6) is 0 Å². The number of aromatic nitrogens is 1. The van der Waals surface area contributed by atoms with E-state index in [0.717, 1.165) is 11.1 Å². The van der Waals surface area contributed by atoms with Crippen LogP contribution in [-0.4, -0.2) is 10.9 Å². The number of rotatable bonds is 2. The van der Waals surface area contributed by atoms with Crippen molar-refractivity contribution < 1.29 is 4.79 Å². The van der Waals surface area contributed by atoms with Crippen LogP contribution in [0.2, 0.25) is 0 Å². The molecule has 0 aliphatic carbocycles. The third-order valence-electron chi connectivity index (χ3n) is 2.37. The highest BCUT2D eigenvalue weighted by Crippen LogP contribution is 2.19. The molecule has 1 aromatic carbocycles. The van der Waals surface area contributed by atoms with Gasteiger partial charge in [-0.1, -0.05) is 35.9 Å². The molecule has 2 N–H and O–H groups in total. The Balaban J connectivity index is 2.38. The smallest absolute Gasteiger partial charge is 0.267 e. The summed E-state index contributed by atoms with van der Waals surface area (Å²) < 4.78 is 0. The minimum Gasteiger partial charge on any atom is -0.364 e. The highest BCUT2D eigenvalue weighted by atomic mass is 16.1. The lowest BCUT2D eigenvalue weighted by atomic mass is 10.1. The molecule has 0 radical (unpaired) electrons. The number of amides is 1. The molecule has 0 saturated carbocycles. The van der Waals surface area contributed by atoms with Gasteiger partial charge in [0.15, 0.2) is 0 Å². The van der Waals surface area contributed by atoms with Gasteiger partial charge < -0.3 is 5.73 Å². The number of nitrogens with two attached hydrogens (primary N) is 1. The lowest BCUT2D eigenvalue weighted by Crippen LogP contribution is -2.12. The van der Waals surface area contributed by atoms with Gasteiger partial charge in [-0.2, -0.15) is 0 Å². The van der Waals surface area contributed by atoms with Crippen LogP contribution in [0.3, 0.4) is 0 Å². The first kappa shape index (κ1) is 10.4. The van der Waals surface area contributed by atoms with Gasteiger partial charge in [-0.15, -0.1) is 0 Å². The van der Waals surface area contributed by atoms with E-state index in [1.54, 1.807) is 12.3 Å². The largest absolute Gasteiger partial charge is 0.364 e. The predicted molar refractivity (Wildman–Crippen MR) is 62.9 cm³/mol. The fourth-order valence-electron chi connectivity index (χ4n) is 1.54. The SMILES string of the molecule is Cc1cccc(-c2ccc(C(N)=O)nc2)c1. The van der Waals surface area contributed by atoms with Crippen LogP contribution in [0, 0.1) is 6.92 Å². The van der Waals surface area contributed by atoms with E-state index < -0.39 is 5.91 Å². The van der Waals surface area contributed by atoms with Gasteiger partial charge in [-0.25, -0.2) is 0 Å². The second kappa shape index (κ2) is 4.14. The van der Waals surface area contributed by atoms with Gasteiger partial charge in [0.05, 0.1) is 0 Å². The molecule has 0 aliphatic heterocycles. The number of carbonyl (C=O) groups excluding carboxylic acids is 1. The van der Waals surface area contributed by atoms with E-state index in [4.69, 9.17) is 5.73 Å². The molecule has 0 spiro atoms. The summed E-state index contributed by atoms with van der Waals surface area (Å²) in [5, 5.41) is 0. The average molecular weight is 212 g/mol. The van der Waals surface area contributed by atoms with Gasteiger partial charge in [0, 0.05) is 11.8 Å². The van der Waals surface area contributed by atoms with Crippen molar-refractivity contribution in [2.45, 2.75) is 6.92 Å². The highest BCUT2D eigenvalue weighted by molar-refractivity contribution is 5.91. The van der Waals surface area contributed by atoms with E-state index in [1.165, 1.54) is 5.56 Å². The summed E-state index contributed by atoms with van der Waals surface area (Å²) in [6.45, 7) is 2.04. The maximum absolute atomic E-state index is 10.9. The molecule has 1 heterocycles. The third-order valence-corrected chi connectivity index (χ3v) is 2.37. The van der Waals surface area contributed by atoms with Crippen molar-refractivity contribution in [3.05, 3.63) is 53.9 Å². The van der Waals surface area contributed by atoms with Crippen LogP contribution in [-0.2, 0) is 0 Å². The molecule has 80 valence electrons. The Kier molecular flexibility index (Phi) is 2.68. The summed E-state index contributed by atoms with van der Waals surface area (Å²) in [4.78, 5) is 14.9. The quantitative estimate of drug-likeness (QED) is 0.829. The summed E-state index contributed by atoms with van der Waals surface area (Å²) in [6.07, 6.45) is 1.66. The van der Waals surface area contributed by atoms with Crippen LogP contribution in [0.25, 0.3) is 11.1 Å². The molecule has 3 nitrogen and oxygen atoms in total. The normalized spacial score (nSPS) is 10.1. The Labute approximate surface area is 93.9 Å². The molecule has 0 aliphatic rings. The monoisotopic (exact) mass is 212 g/mol. The standard InChI is InChI=1S/C13H12N2O/c1-9-3-2-4-10(7-9)11-5-6-12(13(14)16)15-8-11/h2-8H,1H3,(H2,14,16). The van der Waals surface area contributed by atoms with Gasteiger partial charge in [0.25, 0.3) is 5.91 Å². The Hall–Kier alpha value is -2.16. The van der Waals surface area contributed by atoms with E-state index in [9.17, 15) is 4.79 Å². The molecule has 16 heavy (non-hydrogen) atoms. The molecule has 1 amide bonds. The summed E-state index contributed by atoms with van der Waals surface area (Å²) in [7, 11) is 0. The molecule has 2 rings (SSSR count). The molecule has 0 atom stereocenters. The maximum Gasteiger partial charge on any atom is 0.267 e. The zero-order valence-electron chi connectivity index (χ0n) is 8.97. The molecule has 0 saturated heterocycles. The molecular weight excluding hydrogens is 200 g/mol. The number of carbonyl (C=O) groups is 1. The van der Waals surface area contributed by atoms with Gasteiger partial charge in [0.1, 0.15) is 5.69 Å². The molecule has 1 aromatic heterocycles. The first-order valence-electron chi connectivity index (χ1n) is 5.00. The predicted octanol–water partition coefficient (Wildman–Crippen LogP) is 2.16. The lowest BCUT2D eigenvalue weighted by Gasteiger charge is -2.02. The zero-order chi connectivity index (χ0) is 11.5. The Morgan fingerprint density at radius 2 is 2.00 bits per heavy atom. The second-order valence-electron chi connectivity index (χ2n) is 3.67. The zero-order valence-corrected chi connectivity index (χ0v) is 8.97. The Bertz CT molecular complexity index is 518. The summed E-state index contributed by atoms with van der Waals surface area (Å²) >= 11 is 0. The van der Waals surface area contributed by atoms with Crippen LogP contribution in [0.15, 0.2) is 42.6 Å². The van der Waals surface area contributed by atoms with Gasteiger partial charge >= 0.3 is 0 Å². The lowest BCUT2D eigenvalue weighted by molar-refractivity contribution is 0.0995. The summed E-state index contributed by atoms with van der Waals surface area (Å²) in [6, 6.07) is 11.6. The number of benzene rings is 1. The molecule has 0 bridgehead atoms. The minimum atomic E-state index is -0.504. The number of hydrogen-bond donors (Lipinski definition) is 1. The van der Waals surface area contributed by atoms with Crippen molar-refractivity contribution in [3.63, 3.8) is 0 Å². The Morgan fingerprint density at radius 1 is 1.19 bits per heavy atom. The van der Waals surface area contributed by atoms with Crippen LogP contribution < -0.4 is 5.73 Å². The minimum absolute atomic E-state index is 0.288. The number of nitrogens with zero attached hydrogens (tertiary/aromatic N) is 1. The van der Waals surface area contributed by atoms with Crippen molar-refractivity contribution in [1.29, 1.82) is 0 Å². The van der Waals surface area contributed by atoms with Gasteiger partial charge in [-0.05, 0) is 18.6 Å². The van der Waals surface area contributed by atoms with E-state index in [2.05, 4.69) is 11.1 Å². The highest BCUT2D eigenvalue weighted by Gasteiger charge is 2.02. The fraction of sp³-hybridized carbons (Fsp3) is 0.0769. The molecular formula is C13H12N2O. The van der Waals surface area contributed by atoms with E-state index in [1.807, 2.05) is 31.2 Å². The van der Waals surface area contributed by atoms with Crippen LogP contribution >= 0.6 is 0 Å². The summed E-state index contributed by atoms with van der Waals surface area (Å²) in [5.41, 5.74) is 8.67. The number of primary amides is 1. The average Bonchev–Trinajstić information content (AvgIpc) is 2.29. The van der Waals surface area contributed by atoms with Gasteiger partial charge in [0.2, 0.25) is 0 Å². The number of hydrogen-bond acceptors (Lipinski definition) is 2. The van der Waals surface area contributed by atoms with Crippen LogP contribution in [0.4, 0.5) is 0 Å². The van der Waals surface area contributed by atoms with Crippen LogP contribution in [0.1, 0.15) is 16.1 Å². The summed E-state index contributed by atoms with van der Waals surface area (Å²) in [5.74, 6) is -0.504. The van der Waals surface area contributed by atoms with E-state index in [0.29, 0.717) is 0 Å². The molecule has 2 aromatic rings. The first-order valence-corrected chi connectivity index (χ1v) is 5.00. The first-order chi connectivity index (χ1) is 7.66. The van der Waals surface area contributed by atoms with Crippen molar-refractivity contribution in [1.82, 2.24) is 4.98 Å². The van der Waals surface area contributed by atoms with Gasteiger partial charge in [-0.3, -0.25) is 9.78 Å². The number of pyridine rings is 1. The second-order valence-corrected chi connectivity index (χ2v) is 3.67.